The summed E-state index contributed by atoms with van der Waals surface area (Å²) < 4.78 is 58.9. The first-order valence-electron chi connectivity index (χ1n) is 20.9. The highest BCUT2D eigenvalue weighted by Crippen LogP contribution is 2.26. The van der Waals surface area contributed by atoms with Crippen molar-refractivity contribution in [1.82, 2.24) is 0 Å². The maximum atomic E-state index is 12.8. The molecule has 6 unspecified atom stereocenters. The predicted octanol–water partition coefficient (Wildman–Crippen LogP) is 8.02. The van der Waals surface area contributed by atoms with E-state index in [4.69, 9.17) is 23.5 Å². The second kappa shape index (κ2) is 34.1. The van der Waals surface area contributed by atoms with Crippen LogP contribution >= 0.6 is 0 Å². The highest BCUT2D eigenvalue weighted by atomic mass is 32.3. The number of hydrogen-bond donors (Lipinski definition) is 4. The Morgan fingerprint density at radius 1 is 0.691 bits per heavy atom. The molecule has 1 fully saturated rings. The Morgan fingerprint density at radius 3 is 1.80 bits per heavy atom. The van der Waals surface area contributed by atoms with Gasteiger partial charge in [0.05, 0.1) is 19.8 Å². The number of carbonyl (C=O) groups excluding carboxylic acids is 1. The zero-order chi connectivity index (χ0) is 40.4. The van der Waals surface area contributed by atoms with Crippen LogP contribution in [0.3, 0.4) is 0 Å². The molecule has 0 aromatic carbocycles. The highest BCUT2D eigenvalue weighted by molar-refractivity contribution is 7.80. The normalized spacial score (nSPS) is 21.5. The smallest absolute Gasteiger partial charge is 0.397 e. The molecule has 0 aromatic rings. The molecule has 1 aliphatic rings. The molecule has 1 aliphatic heterocycles. The number of rotatable bonds is 35. The van der Waals surface area contributed by atoms with E-state index in [9.17, 15) is 28.5 Å². The lowest BCUT2D eigenvalue weighted by atomic mass is 9.99. The molecule has 1 rings (SSSR count). The van der Waals surface area contributed by atoms with Crippen molar-refractivity contribution in [1.29, 1.82) is 0 Å². The van der Waals surface area contributed by atoms with Crippen LogP contribution in [-0.2, 0) is 38.3 Å². The lowest BCUT2D eigenvalue weighted by molar-refractivity contribution is -0.301. The average molecular weight is 803 g/mol. The van der Waals surface area contributed by atoms with E-state index >= 15 is 0 Å². The van der Waals surface area contributed by atoms with Crippen molar-refractivity contribution in [3.05, 3.63) is 48.6 Å². The summed E-state index contributed by atoms with van der Waals surface area (Å²) in [6.07, 6.45) is 30.0. The Kier molecular flexibility index (Phi) is 31.7. The molecule has 320 valence electrons. The second-order valence-corrected chi connectivity index (χ2v) is 15.3. The van der Waals surface area contributed by atoms with Gasteiger partial charge >= 0.3 is 16.4 Å². The molecule has 6 atom stereocenters. The van der Waals surface area contributed by atoms with Crippen LogP contribution in [0.4, 0.5) is 0 Å². The molecule has 0 bridgehead atoms. The summed E-state index contributed by atoms with van der Waals surface area (Å²) in [5, 5.41) is 30.6. The van der Waals surface area contributed by atoms with Gasteiger partial charge in [0, 0.05) is 13.0 Å². The van der Waals surface area contributed by atoms with E-state index in [-0.39, 0.29) is 19.6 Å². The van der Waals surface area contributed by atoms with Gasteiger partial charge < -0.3 is 34.3 Å². The first-order valence-corrected chi connectivity index (χ1v) is 22.3. The fourth-order valence-corrected chi connectivity index (χ4v) is 6.47. The van der Waals surface area contributed by atoms with E-state index in [0.29, 0.717) is 13.0 Å². The van der Waals surface area contributed by atoms with E-state index in [2.05, 4.69) is 66.6 Å². The number of esters is 1. The fourth-order valence-electron chi connectivity index (χ4n) is 5.96. The van der Waals surface area contributed by atoms with Crippen molar-refractivity contribution < 1.29 is 56.2 Å². The van der Waals surface area contributed by atoms with E-state index < -0.39 is 59.8 Å². The Hall–Kier alpha value is -1.94. The van der Waals surface area contributed by atoms with Gasteiger partial charge in [-0.1, -0.05) is 127 Å². The summed E-state index contributed by atoms with van der Waals surface area (Å²) >= 11 is 0. The van der Waals surface area contributed by atoms with Crippen LogP contribution in [0.1, 0.15) is 149 Å². The first kappa shape index (κ1) is 51.1. The van der Waals surface area contributed by atoms with Gasteiger partial charge in [-0.3, -0.25) is 9.35 Å². The van der Waals surface area contributed by atoms with Crippen molar-refractivity contribution in [2.45, 2.75) is 185 Å². The topological polar surface area (TPSA) is 178 Å². The summed E-state index contributed by atoms with van der Waals surface area (Å²) in [6, 6.07) is 0. The van der Waals surface area contributed by atoms with Crippen molar-refractivity contribution >= 4 is 16.4 Å². The van der Waals surface area contributed by atoms with E-state index in [0.717, 1.165) is 89.9 Å². The maximum absolute atomic E-state index is 12.8. The van der Waals surface area contributed by atoms with Gasteiger partial charge in [0.1, 0.15) is 30.5 Å². The summed E-state index contributed by atoms with van der Waals surface area (Å²) in [5.74, 6) is -0.420. The zero-order valence-electron chi connectivity index (χ0n) is 33.7. The molecule has 12 nitrogen and oxygen atoms in total. The lowest BCUT2D eigenvalue weighted by Crippen LogP contribution is -2.60. The van der Waals surface area contributed by atoms with Crippen molar-refractivity contribution in [2.24, 2.45) is 0 Å². The minimum Gasteiger partial charge on any atom is -0.457 e. The van der Waals surface area contributed by atoms with Gasteiger partial charge in [0.15, 0.2) is 6.29 Å². The van der Waals surface area contributed by atoms with Crippen molar-refractivity contribution in [2.75, 3.05) is 26.4 Å². The van der Waals surface area contributed by atoms with Crippen LogP contribution in [-0.4, -0.2) is 97.5 Å². The Morgan fingerprint density at radius 2 is 1.24 bits per heavy atom. The summed E-state index contributed by atoms with van der Waals surface area (Å²) in [4.78, 5) is 12.8. The summed E-state index contributed by atoms with van der Waals surface area (Å²) in [6.45, 7) is 3.82. The molecule has 0 aromatic heterocycles. The first-order chi connectivity index (χ1) is 26.6. The Labute approximate surface area is 332 Å². The zero-order valence-corrected chi connectivity index (χ0v) is 34.5. The number of unbranched alkanes of at least 4 members (excludes halogenated alkanes) is 14. The Bertz CT molecular complexity index is 1160. The van der Waals surface area contributed by atoms with Gasteiger partial charge in [-0.15, -0.1) is 0 Å². The van der Waals surface area contributed by atoms with Gasteiger partial charge in [-0.05, 0) is 64.2 Å². The third-order valence-corrected chi connectivity index (χ3v) is 9.62. The molecule has 1 heterocycles. The highest BCUT2D eigenvalue weighted by Gasteiger charge is 2.48. The summed E-state index contributed by atoms with van der Waals surface area (Å²) in [5.41, 5.74) is 0. The molecule has 13 heteroatoms. The number of aliphatic hydroxyl groups excluding tert-OH is 3. The van der Waals surface area contributed by atoms with E-state index in [1.165, 1.54) is 32.1 Å². The second-order valence-electron chi connectivity index (χ2n) is 14.2. The maximum Gasteiger partial charge on any atom is 0.397 e. The van der Waals surface area contributed by atoms with Crippen LogP contribution in [0.5, 0.6) is 0 Å². The van der Waals surface area contributed by atoms with Gasteiger partial charge in [0.2, 0.25) is 0 Å². The lowest BCUT2D eigenvalue weighted by Gasteiger charge is -2.41. The number of ether oxygens (including phenoxy) is 4. The monoisotopic (exact) mass is 802 g/mol. The van der Waals surface area contributed by atoms with Crippen LogP contribution in [0, 0.1) is 0 Å². The van der Waals surface area contributed by atoms with Gasteiger partial charge in [-0.2, -0.15) is 8.42 Å². The van der Waals surface area contributed by atoms with Crippen molar-refractivity contribution in [3.8, 4) is 0 Å². The largest absolute Gasteiger partial charge is 0.457 e. The van der Waals surface area contributed by atoms with Crippen molar-refractivity contribution in [3.63, 3.8) is 0 Å². The number of allylic oxidation sites excluding steroid dienone is 8. The van der Waals surface area contributed by atoms with Gasteiger partial charge in [0.25, 0.3) is 0 Å². The number of aliphatic hydroxyl groups is 3. The minimum atomic E-state index is -5.06. The van der Waals surface area contributed by atoms with Crippen LogP contribution < -0.4 is 0 Å². The third kappa shape index (κ3) is 28.2. The number of carbonyl (C=O) groups is 1. The molecule has 0 radical (unpaired) electrons. The van der Waals surface area contributed by atoms with Crippen LogP contribution in [0.2, 0.25) is 0 Å². The molecule has 0 spiro atoms. The molecular formula is C42H74O12S. The van der Waals surface area contributed by atoms with E-state index in [1.54, 1.807) is 0 Å². The third-order valence-electron chi connectivity index (χ3n) is 9.15. The van der Waals surface area contributed by atoms with Gasteiger partial charge in [-0.25, -0.2) is 4.18 Å². The quantitative estimate of drug-likeness (QED) is 0.0210. The molecule has 55 heavy (non-hydrogen) atoms. The Balaban J connectivity index is 2.50. The van der Waals surface area contributed by atoms with E-state index in [1.807, 2.05) is 0 Å². The SMILES string of the molecule is CCC/C=C\C/C=C\CCCCCCCCOCC(COC1OC(CO)C(O)C(OS(=O)(=O)O)C1O)OC(=O)CCCCCCC/C=C\C/C=C\CCCC. The minimum absolute atomic E-state index is 0.0214. The van der Waals surface area contributed by atoms with Crippen LogP contribution in [0.15, 0.2) is 48.6 Å². The average Bonchev–Trinajstić information content (AvgIpc) is 3.15. The molecule has 4 N–H and O–H groups in total. The predicted molar refractivity (Wildman–Crippen MR) is 216 cm³/mol. The molecule has 0 aliphatic carbocycles. The fraction of sp³-hybridized carbons (Fsp3) is 0.786. The number of hydrogen-bond acceptors (Lipinski definition) is 11. The molecular weight excluding hydrogens is 729 g/mol. The molecule has 0 saturated carbocycles. The molecule has 0 amide bonds. The standard InChI is InChI=1S/C42H74O12S/c1-3-5-7-9-11-13-15-17-19-21-23-25-27-29-31-38(44)52-36(34-50-32-30-28-26-24-22-20-18-16-14-12-10-8-6-4-2)35-51-42-40(46)41(54-55(47,48)49)39(45)37(33-43)53-42/h8-11,14-17,36-37,39-43,45-46H,3-7,12-13,18-35H2,1-2H3,(H,47,48,49)/b10-8-,11-9-,16-14-,17-15-. The van der Waals surface area contributed by atoms with Crippen LogP contribution in [0.25, 0.3) is 0 Å². The molecule has 1 saturated heterocycles. The summed E-state index contributed by atoms with van der Waals surface area (Å²) in [7, 11) is -5.06.